The van der Waals surface area contributed by atoms with Crippen molar-refractivity contribution in [3.63, 3.8) is 0 Å². The third-order valence-electron chi connectivity index (χ3n) is 2.98. The molecule has 0 aliphatic carbocycles. The second kappa shape index (κ2) is 7.69. The van der Waals surface area contributed by atoms with Crippen LogP contribution >= 0.6 is 11.3 Å². The average Bonchev–Trinajstić information content (AvgIpc) is 3.04. The number of thiophene rings is 1. The van der Waals surface area contributed by atoms with E-state index in [1.54, 1.807) is 38.1 Å². The number of carbonyl (C=O) groups is 3. The van der Waals surface area contributed by atoms with Crippen LogP contribution in [0.4, 0.5) is 0 Å². The van der Waals surface area contributed by atoms with Crippen molar-refractivity contribution < 1.29 is 23.9 Å². The van der Waals surface area contributed by atoms with Gasteiger partial charge in [0.05, 0.1) is 29.2 Å². The van der Waals surface area contributed by atoms with Crippen molar-refractivity contribution in [2.75, 3.05) is 13.2 Å². The monoisotopic (exact) mass is 332 g/mol. The van der Waals surface area contributed by atoms with Gasteiger partial charge in [-0.15, -0.1) is 11.3 Å². The van der Waals surface area contributed by atoms with Crippen LogP contribution in [-0.2, 0) is 9.47 Å². The molecule has 1 aromatic heterocycles. The lowest BCUT2D eigenvalue weighted by molar-refractivity contribution is 0.0525. The third-order valence-corrected chi connectivity index (χ3v) is 4.04. The summed E-state index contributed by atoms with van der Waals surface area (Å²) in [6, 6.07) is 8.19. The van der Waals surface area contributed by atoms with Gasteiger partial charge in [0.1, 0.15) is 0 Å². The van der Waals surface area contributed by atoms with Crippen molar-refractivity contribution in [2.45, 2.75) is 13.8 Å². The average molecular weight is 332 g/mol. The number of benzene rings is 1. The maximum atomic E-state index is 12.0. The Morgan fingerprint density at radius 2 is 1.57 bits per heavy atom. The van der Waals surface area contributed by atoms with Gasteiger partial charge in [-0.25, -0.2) is 9.59 Å². The van der Waals surface area contributed by atoms with Gasteiger partial charge in [0, 0.05) is 4.88 Å². The van der Waals surface area contributed by atoms with Crippen LogP contribution in [-0.4, -0.2) is 31.4 Å². The zero-order valence-corrected chi connectivity index (χ0v) is 13.6. The smallest absolute Gasteiger partial charge is 0.338 e. The third kappa shape index (κ3) is 4.04. The van der Waals surface area contributed by atoms with Crippen LogP contribution in [0.5, 0.6) is 0 Å². The number of rotatable bonds is 6. The van der Waals surface area contributed by atoms with Crippen LogP contribution in [0.3, 0.4) is 0 Å². The Kier molecular flexibility index (Phi) is 5.65. The minimum absolute atomic E-state index is 0.242. The first-order valence-corrected chi connectivity index (χ1v) is 7.95. The largest absolute Gasteiger partial charge is 0.462 e. The van der Waals surface area contributed by atoms with Crippen molar-refractivity contribution in [3.8, 4) is 10.4 Å². The molecule has 5 nitrogen and oxygen atoms in total. The molecule has 0 bridgehead atoms. The zero-order chi connectivity index (χ0) is 16.8. The molecule has 0 unspecified atom stereocenters. The number of hydrogen-bond acceptors (Lipinski definition) is 6. The van der Waals surface area contributed by atoms with E-state index in [0.29, 0.717) is 10.4 Å². The van der Waals surface area contributed by atoms with Gasteiger partial charge >= 0.3 is 11.9 Å². The molecule has 0 aliphatic heterocycles. The van der Waals surface area contributed by atoms with Crippen molar-refractivity contribution in [1.29, 1.82) is 0 Å². The van der Waals surface area contributed by atoms with Crippen molar-refractivity contribution in [2.24, 2.45) is 0 Å². The lowest BCUT2D eigenvalue weighted by atomic mass is 10.0. The molecule has 120 valence electrons. The molecule has 2 aromatic rings. The minimum Gasteiger partial charge on any atom is -0.462 e. The van der Waals surface area contributed by atoms with E-state index in [-0.39, 0.29) is 24.3 Å². The predicted octanol–water partition coefficient (Wildman–Crippen LogP) is 3.58. The van der Waals surface area contributed by atoms with Crippen LogP contribution in [0.15, 0.2) is 30.3 Å². The fourth-order valence-electron chi connectivity index (χ4n) is 2.01. The van der Waals surface area contributed by atoms with Gasteiger partial charge in [0.25, 0.3) is 0 Å². The van der Waals surface area contributed by atoms with Crippen LogP contribution in [0.1, 0.15) is 44.2 Å². The summed E-state index contributed by atoms with van der Waals surface area (Å²) >= 11 is 1.28. The fraction of sp³-hybridized carbons (Fsp3) is 0.235. The number of ether oxygens (including phenoxy) is 2. The minimum atomic E-state index is -0.507. The lowest BCUT2D eigenvalue weighted by Crippen LogP contribution is -2.09. The van der Waals surface area contributed by atoms with Gasteiger partial charge in [0.2, 0.25) is 0 Å². The van der Waals surface area contributed by atoms with E-state index < -0.39 is 11.9 Å². The first-order valence-electron chi connectivity index (χ1n) is 7.13. The molecule has 0 atom stereocenters. The molecule has 0 aliphatic rings. The number of aldehydes is 1. The first kappa shape index (κ1) is 16.9. The standard InChI is InChI=1S/C17H16O5S/c1-3-21-16(19)12-7-11(15-6-5-14(10-18)23-15)8-13(9-12)17(20)22-4-2/h5-10H,3-4H2,1-2H3. The van der Waals surface area contributed by atoms with E-state index in [2.05, 4.69) is 0 Å². The number of esters is 2. The first-order chi connectivity index (χ1) is 11.1. The van der Waals surface area contributed by atoms with Crippen LogP contribution in [0.2, 0.25) is 0 Å². The molecular weight excluding hydrogens is 316 g/mol. The Morgan fingerprint density at radius 1 is 1.00 bits per heavy atom. The van der Waals surface area contributed by atoms with Crippen molar-refractivity contribution in [1.82, 2.24) is 0 Å². The Hall–Kier alpha value is -2.47. The Labute approximate surface area is 137 Å². The van der Waals surface area contributed by atoms with E-state index in [9.17, 15) is 14.4 Å². The Morgan fingerprint density at radius 3 is 2.00 bits per heavy atom. The fourth-order valence-corrected chi connectivity index (χ4v) is 2.82. The molecule has 0 fully saturated rings. The summed E-state index contributed by atoms with van der Waals surface area (Å²) in [4.78, 5) is 36.2. The molecule has 0 amide bonds. The topological polar surface area (TPSA) is 69.7 Å². The van der Waals surface area contributed by atoms with Crippen LogP contribution in [0, 0.1) is 0 Å². The molecule has 0 saturated carbocycles. The Bertz CT molecular complexity index is 696. The molecular formula is C17H16O5S. The maximum absolute atomic E-state index is 12.0. The molecule has 6 heteroatoms. The van der Waals surface area contributed by atoms with Crippen molar-refractivity contribution >= 4 is 29.6 Å². The highest BCUT2D eigenvalue weighted by atomic mass is 32.1. The van der Waals surface area contributed by atoms with E-state index in [0.717, 1.165) is 11.2 Å². The number of carbonyl (C=O) groups excluding carboxylic acids is 3. The van der Waals surface area contributed by atoms with Gasteiger partial charge in [-0.2, -0.15) is 0 Å². The summed E-state index contributed by atoms with van der Waals surface area (Å²) < 4.78 is 9.99. The van der Waals surface area contributed by atoms with Gasteiger partial charge < -0.3 is 9.47 Å². The molecule has 0 spiro atoms. The normalized spacial score (nSPS) is 10.2. The molecule has 2 rings (SSSR count). The molecule has 0 saturated heterocycles. The summed E-state index contributed by atoms with van der Waals surface area (Å²) in [5, 5.41) is 0. The molecule has 23 heavy (non-hydrogen) atoms. The predicted molar refractivity (Wildman–Crippen MR) is 87.1 cm³/mol. The lowest BCUT2D eigenvalue weighted by Gasteiger charge is -2.08. The van der Waals surface area contributed by atoms with E-state index in [4.69, 9.17) is 9.47 Å². The van der Waals surface area contributed by atoms with Crippen LogP contribution < -0.4 is 0 Å². The maximum Gasteiger partial charge on any atom is 0.338 e. The Balaban J connectivity index is 2.49. The highest BCUT2D eigenvalue weighted by Crippen LogP contribution is 2.29. The summed E-state index contributed by atoms with van der Waals surface area (Å²) in [7, 11) is 0. The van der Waals surface area contributed by atoms with Gasteiger partial charge in [-0.1, -0.05) is 0 Å². The van der Waals surface area contributed by atoms with Crippen molar-refractivity contribution in [3.05, 3.63) is 46.3 Å². The van der Waals surface area contributed by atoms with Gasteiger partial charge in [0.15, 0.2) is 6.29 Å². The zero-order valence-electron chi connectivity index (χ0n) is 12.8. The second-order valence-electron chi connectivity index (χ2n) is 4.56. The summed E-state index contributed by atoms with van der Waals surface area (Å²) in [5.41, 5.74) is 1.21. The molecule has 0 N–H and O–H groups in total. The van der Waals surface area contributed by atoms with E-state index >= 15 is 0 Å². The van der Waals surface area contributed by atoms with E-state index in [1.807, 2.05) is 0 Å². The molecule has 1 aromatic carbocycles. The van der Waals surface area contributed by atoms with E-state index in [1.165, 1.54) is 17.4 Å². The molecule has 0 radical (unpaired) electrons. The summed E-state index contributed by atoms with van der Waals surface area (Å²) in [6.45, 7) is 3.91. The van der Waals surface area contributed by atoms with Gasteiger partial charge in [-0.05, 0) is 49.7 Å². The van der Waals surface area contributed by atoms with Gasteiger partial charge in [-0.3, -0.25) is 4.79 Å². The molecule has 1 heterocycles. The highest BCUT2D eigenvalue weighted by molar-refractivity contribution is 7.17. The number of hydrogen-bond donors (Lipinski definition) is 0. The summed E-state index contributed by atoms with van der Waals surface area (Å²) in [6.07, 6.45) is 0.760. The van der Waals surface area contributed by atoms with Crippen LogP contribution in [0.25, 0.3) is 10.4 Å². The summed E-state index contributed by atoms with van der Waals surface area (Å²) in [5.74, 6) is -1.01. The SMILES string of the molecule is CCOC(=O)c1cc(C(=O)OCC)cc(-c2ccc(C=O)s2)c1. The highest BCUT2D eigenvalue weighted by Gasteiger charge is 2.16. The second-order valence-corrected chi connectivity index (χ2v) is 5.68. The quantitative estimate of drug-likeness (QED) is 0.597.